The lowest BCUT2D eigenvalue weighted by Crippen LogP contribution is -2.29. The molecule has 20 rings (SSSR count). The number of aromatic nitrogens is 20. The molecule has 0 unspecified atom stereocenters. The molecule has 5 aliphatic rings. The molecule has 101 heavy (non-hydrogen) atoms. The van der Waals surface area contributed by atoms with Gasteiger partial charge in [-0.05, 0) is 56.5 Å². The SMILES string of the molecule is C.Nc1nonc1NC(=O)CCCn1c2ccccc2c2nc3c(nc21)=NCN=3.Nc1nonc1NC(=O)CCn1c2ccccc2c2nc3c(nc21)=NCN=3.c1ccc2c(c1)c1nc3c(nc1n2CC1=NN=NC1)=NCN=3.c1ccc2c(c1)c1nc3c(nc1n2CCc1nn[nH]n1)=NCN=3. The van der Waals surface area contributed by atoms with Crippen molar-refractivity contribution in [1.29, 1.82) is 0 Å². The quantitative estimate of drug-likeness (QED) is 0.100. The summed E-state index contributed by atoms with van der Waals surface area (Å²) < 4.78 is 17.2. The first-order valence-electron chi connectivity index (χ1n) is 31.2. The fourth-order valence-corrected chi connectivity index (χ4v) is 12.1. The molecule has 0 bridgehead atoms. The molecule has 0 radical (unpaired) electrons. The molecule has 16 heterocycles. The van der Waals surface area contributed by atoms with Gasteiger partial charge in [0.15, 0.2) is 72.3 Å². The summed E-state index contributed by atoms with van der Waals surface area (Å²) in [7, 11) is 0. The van der Waals surface area contributed by atoms with Crippen LogP contribution in [0.2, 0.25) is 0 Å². The van der Waals surface area contributed by atoms with Crippen LogP contribution in [0.1, 0.15) is 32.5 Å². The van der Waals surface area contributed by atoms with Crippen molar-refractivity contribution in [3.63, 3.8) is 0 Å². The van der Waals surface area contributed by atoms with Crippen LogP contribution in [0, 0.1) is 0 Å². The molecule has 5 aliphatic heterocycles. The highest BCUT2D eigenvalue weighted by Gasteiger charge is 2.22. The highest BCUT2D eigenvalue weighted by Crippen LogP contribution is 2.29. The zero-order chi connectivity index (χ0) is 67.2. The van der Waals surface area contributed by atoms with E-state index in [0.717, 1.165) is 88.3 Å². The number of para-hydroxylation sites is 4. The number of hydrogen-bond acceptors (Lipinski definition) is 32. The third-order valence-corrected chi connectivity index (χ3v) is 16.6. The molecule has 11 aromatic heterocycles. The maximum Gasteiger partial charge on any atom is 0.227 e. The Kier molecular flexibility index (Phi) is 16.0. The number of nitrogen functional groups attached to an aromatic ring is 2. The number of H-pyrrole nitrogens is 1. The van der Waals surface area contributed by atoms with Crippen LogP contribution in [0.25, 0.3) is 88.3 Å². The average molecular weight is 1350 g/mol. The summed E-state index contributed by atoms with van der Waals surface area (Å²) in [6.07, 6.45) is 1.70. The van der Waals surface area contributed by atoms with E-state index in [9.17, 15) is 9.59 Å². The lowest BCUT2D eigenvalue weighted by Gasteiger charge is -2.06. The van der Waals surface area contributed by atoms with Gasteiger partial charge in [-0.2, -0.15) is 10.3 Å². The minimum atomic E-state index is -0.267. The Morgan fingerprint density at radius 3 is 1.25 bits per heavy atom. The Bertz CT molecular complexity index is 6470. The third kappa shape index (κ3) is 11.7. The fraction of sp³-hybridized carbons (Fsp3) is 0.226. The van der Waals surface area contributed by atoms with E-state index in [0.29, 0.717) is 128 Å². The minimum Gasteiger partial charge on any atom is -0.378 e. The number of anilines is 4. The van der Waals surface area contributed by atoms with Crippen LogP contribution in [-0.4, -0.2) is 150 Å². The second-order valence-corrected chi connectivity index (χ2v) is 22.7. The van der Waals surface area contributed by atoms with Gasteiger partial charge in [-0.1, -0.05) is 85.4 Å². The normalized spacial score (nSPS) is 13.4. The Balaban J connectivity index is 0.000000105. The Morgan fingerprint density at radius 1 is 0.465 bits per heavy atom. The molecule has 2 amide bonds. The lowest BCUT2D eigenvalue weighted by molar-refractivity contribution is -0.117. The first-order valence-corrected chi connectivity index (χ1v) is 31.2. The lowest BCUT2D eigenvalue weighted by atomic mass is 10.2. The first-order chi connectivity index (χ1) is 49.2. The molecular formula is C62H53N35O4. The zero-order valence-electron chi connectivity index (χ0n) is 52.1. The summed E-state index contributed by atoms with van der Waals surface area (Å²) in [4.78, 5) is 95.6. The smallest absolute Gasteiger partial charge is 0.227 e. The summed E-state index contributed by atoms with van der Waals surface area (Å²) in [6.45, 7) is 4.32. The topological polar surface area (TPSA) is 501 Å². The number of nitrogens with one attached hydrogen (secondary N) is 3. The minimum absolute atomic E-state index is 0. The number of nitrogens with zero attached hydrogens (tertiary/aromatic N) is 30. The van der Waals surface area contributed by atoms with Crippen LogP contribution >= 0.6 is 0 Å². The fourth-order valence-electron chi connectivity index (χ4n) is 12.1. The van der Waals surface area contributed by atoms with Gasteiger partial charge in [0.1, 0.15) is 55.3 Å². The molecule has 7 N–H and O–H groups in total. The van der Waals surface area contributed by atoms with Gasteiger partial charge in [0.05, 0.1) is 34.3 Å². The number of aryl methyl sites for hydroxylation is 4. The molecule has 0 saturated carbocycles. The standard InChI is InChI=1S/C17H15N9O2.C16H13N9O2.C14H11N9.C14H10N8.CH4/c18-13-14(25-28-24-13)21-11(27)6-3-7-26-10-5-2-1-4-9(10)12-17(26)23-16-15(22-12)19-8-20-16;17-12-13(24-27-23-12)20-10(26)5-6-25-9-4-2-1-3-8(9)11-16(25)22-15-14(21-11)18-7-19-15;1-2-4-9-8(3-1)11-14(18-13-12(17-11)15-7-16-13)23(9)6-5-10-19-21-22-20-10;1-2-4-10-9(3-1)11-14(19-13-12(18-11)15-7-16-13)22(10)6-8-5-17-21-20-8;/h1-2,4-5H,3,6-8H2,(H2,18,24)(H,21,25,27);1-4H,5-7H2,(H2,17,23)(H,20,24,26);1-4H,5-7H2,(H,19,20,21,22);1-4H,5-7H2;1H4. The molecule has 0 aliphatic carbocycles. The number of aromatic amines is 1. The molecule has 0 spiro atoms. The number of carbonyl (C=O) groups is 2. The summed E-state index contributed by atoms with van der Waals surface area (Å²) in [6, 6.07) is 32.0. The molecule has 0 fully saturated rings. The van der Waals surface area contributed by atoms with Gasteiger partial charge < -0.3 is 40.4 Å². The van der Waals surface area contributed by atoms with E-state index in [1.54, 1.807) is 0 Å². The Hall–Kier alpha value is -14.0. The van der Waals surface area contributed by atoms with E-state index in [1.165, 1.54) is 0 Å². The van der Waals surface area contributed by atoms with Gasteiger partial charge in [-0.25, -0.2) is 89.1 Å². The maximum atomic E-state index is 12.3. The van der Waals surface area contributed by atoms with Crippen molar-refractivity contribution >= 4 is 129 Å². The van der Waals surface area contributed by atoms with Crippen molar-refractivity contribution in [2.45, 2.75) is 59.3 Å². The van der Waals surface area contributed by atoms with Gasteiger partial charge in [0.25, 0.3) is 0 Å². The highest BCUT2D eigenvalue weighted by molar-refractivity contribution is 6.07. The van der Waals surface area contributed by atoms with E-state index in [4.69, 9.17) is 11.5 Å². The number of carbonyl (C=O) groups excluding carboxylic acids is 2. The second-order valence-electron chi connectivity index (χ2n) is 22.7. The number of nitrogens with two attached hydrogens (primary N) is 2. The average Bonchev–Trinajstić information content (AvgIpc) is 1.63. The molecule has 500 valence electrons. The van der Waals surface area contributed by atoms with E-state index >= 15 is 0 Å². The number of benzene rings is 4. The predicted molar refractivity (Wildman–Crippen MR) is 359 cm³/mol. The largest absolute Gasteiger partial charge is 0.378 e. The summed E-state index contributed by atoms with van der Waals surface area (Å²) in [5, 5.41) is 48.9. The molecule has 0 saturated heterocycles. The third-order valence-electron chi connectivity index (χ3n) is 16.6. The highest BCUT2D eigenvalue weighted by atomic mass is 16.6. The monoisotopic (exact) mass is 1350 g/mol. The van der Waals surface area contributed by atoms with Crippen molar-refractivity contribution in [2.75, 3.05) is 55.3 Å². The van der Waals surface area contributed by atoms with Crippen molar-refractivity contribution in [3.05, 3.63) is 147 Å². The van der Waals surface area contributed by atoms with Gasteiger partial charge in [0.2, 0.25) is 35.1 Å². The molecule has 4 aromatic carbocycles. The number of tetrazole rings is 1. The molecule has 0 atom stereocenters. The van der Waals surface area contributed by atoms with Crippen LogP contribution in [0.4, 0.5) is 23.3 Å². The molecular weight excluding hydrogens is 1300 g/mol. The van der Waals surface area contributed by atoms with Gasteiger partial charge >= 0.3 is 0 Å². The molecule has 15 aromatic rings. The van der Waals surface area contributed by atoms with Crippen LogP contribution in [0.15, 0.2) is 162 Å². The zero-order valence-corrected chi connectivity index (χ0v) is 52.1. The van der Waals surface area contributed by atoms with Crippen molar-refractivity contribution in [3.8, 4) is 0 Å². The molecule has 39 nitrogen and oxygen atoms in total. The Morgan fingerprint density at radius 2 is 0.851 bits per heavy atom. The molecule has 39 heteroatoms. The van der Waals surface area contributed by atoms with Crippen molar-refractivity contribution in [1.82, 2.24) is 99.4 Å². The first kappa shape index (κ1) is 61.8. The predicted octanol–water partition coefficient (Wildman–Crippen LogP) is 0.771. The van der Waals surface area contributed by atoms with E-state index < -0.39 is 0 Å². The summed E-state index contributed by atoms with van der Waals surface area (Å²) in [5.41, 5.74) is 27.1. The van der Waals surface area contributed by atoms with Crippen molar-refractivity contribution in [2.24, 2.45) is 55.4 Å². The maximum absolute atomic E-state index is 12.3. The van der Waals surface area contributed by atoms with Crippen molar-refractivity contribution < 1.29 is 18.8 Å². The van der Waals surface area contributed by atoms with Crippen LogP contribution in [0.3, 0.4) is 0 Å². The van der Waals surface area contributed by atoms with E-state index in [-0.39, 0.29) is 55.4 Å². The number of hydrogen-bond donors (Lipinski definition) is 5. The number of fused-ring (bicyclic) bond motifs is 16. The number of rotatable bonds is 14. The Labute approximate surface area is 561 Å². The number of amides is 2. The summed E-state index contributed by atoms with van der Waals surface area (Å²) in [5.74, 6) is 0.515. The summed E-state index contributed by atoms with van der Waals surface area (Å²) >= 11 is 0. The van der Waals surface area contributed by atoms with E-state index in [2.05, 4.69) is 188 Å². The van der Waals surface area contributed by atoms with Crippen LogP contribution in [0.5, 0.6) is 0 Å². The van der Waals surface area contributed by atoms with Gasteiger partial charge in [-0.15, -0.1) is 15.3 Å². The van der Waals surface area contributed by atoms with Gasteiger partial charge in [-0.3, -0.25) is 9.59 Å². The van der Waals surface area contributed by atoms with Crippen LogP contribution < -0.4 is 66.0 Å². The van der Waals surface area contributed by atoms with Gasteiger partial charge in [0, 0.05) is 60.4 Å². The van der Waals surface area contributed by atoms with Crippen LogP contribution in [-0.2, 0) is 42.2 Å². The van der Waals surface area contributed by atoms with E-state index in [1.807, 2.05) is 83.4 Å². The second kappa shape index (κ2) is 26.2.